The number of aryl methyl sites for hydroxylation is 1. The lowest BCUT2D eigenvalue weighted by molar-refractivity contribution is 0.103. The van der Waals surface area contributed by atoms with Crippen LogP contribution in [0.25, 0.3) is 0 Å². The number of carbonyl (C=O) groups is 1. The molecule has 0 unspecified atom stereocenters. The molecule has 0 bridgehead atoms. The van der Waals surface area contributed by atoms with Crippen molar-refractivity contribution in [3.63, 3.8) is 0 Å². The number of carbonyl (C=O) groups excluding carboxylic acids is 1. The molecule has 3 aromatic rings. The van der Waals surface area contributed by atoms with Crippen molar-refractivity contribution in [1.82, 2.24) is 9.78 Å². The lowest BCUT2D eigenvalue weighted by Crippen LogP contribution is -2.12. The van der Waals surface area contributed by atoms with Gasteiger partial charge in [0.15, 0.2) is 0 Å². The number of anilines is 1. The van der Waals surface area contributed by atoms with Gasteiger partial charge in [0.25, 0.3) is 5.91 Å². The second kappa shape index (κ2) is 7.80. The summed E-state index contributed by atoms with van der Waals surface area (Å²) in [4.78, 5) is 13.1. The molecule has 0 aliphatic rings. The van der Waals surface area contributed by atoms with Crippen molar-refractivity contribution in [3.8, 4) is 0 Å². The van der Waals surface area contributed by atoms with Gasteiger partial charge >= 0.3 is 0 Å². The monoisotopic (exact) mass is 519 g/mol. The van der Waals surface area contributed by atoms with Crippen LogP contribution in [0.5, 0.6) is 0 Å². The maximum Gasteiger partial charge on any atom is 0.265 e. The van der Waals surface area contributed by atoms with Crippen LogP contribution in [0.4, 0.5) is 10.1 Å². The Morgan fingerprint density at radius 2 is 2.12 bits per heavy atom. The van der Waals surface area contributed by atoms with Crippen LogP contribution in [0.1, 0.15) is 26.6 Å². The topological polar surface area (TPSA) is 46.9 Å². The van der Waals surface area contributed by atoms with Crippen molar-refractivity contribution in [3.05, 3.63) is 65.2 Å². The van der Waals surface area contributed by atoms with Crippen molar-refractivity contribution in [1.29, 1.82) is 0 Å². The van der Waals surface area contributed by atoms with Crippen molar-refractivity contribution in [2.24, 2.45) is 0 Å². The van der Waals surface area contributed by atoms with E-state index in [1.807, 2.05) is 6.92 Å². The Morgan fingerprint density at radius 3 is 2.73 bits per heavy atom. The minimum Gasteiger partial charge on any atom is -0.318 e. The van der Waals surface area contributed by atoms with Gasteiger partial charge in [-0.3, -0.25) is 9.48 Å². The Bertz CT molecular complexity index is 963. The molecule has 2 aromatic heterocycles. The van der Waals surface area contributed by atoms with Crippen molar-refractivity contribution < 1.29 is 9.18 Å². The first-order valence-electron chi connectivity index (χ1n) is 7.51. The molecule has 0 saturated heterocycles. The summed E-state index contributed by atoms with van der Waals surface area (Å²) in [6, 6.07) is 6.31. The number of halogens is 4. The fraction of sp³-hybridized carbons (Fsp3) is 0.176. The molecular formula is C17H13Br2ClFN3OS. The van der Waals surface area contributed by atoms with Gasteiger partial charge in [-0.25, -0.2) is 4.39 Å². The molecule has 26 heavy (non-hydrogen) atoms. The smallest absolute Gasteiger partial charge is 0.265 e. The van der Waals surface area contributed by atoms with Gasteiger partial charge in [0.2, 0.25) is 0 Å². The Labute approximate surface area is 175 Å². The summed E-state index contributed by atoms with van der Waals surface area (Å²) in [7, 11) is 0. The maximum absolute atomic E-state index is 14.0. The molecule has 1 amide bonds. The molecule has 1 aromatic carbocycles. The third kappa shape index (κ3) is 3.88. The number of benzene rings is 1. The Balaban J connectivity index is 1.87. The zero-order valence-corrected chi connectivity index (χ0v) is 18.5. The maximum atomic E-state index is 14.0. The number of nitrogens with one attached hydrogen (secondary N) is 1. The Hall–Kier alpha value is -1.22. The van der Waals surface area contributed by atoms with E-state index in [0.29, 0.717) is 26.8 Å². The fourth-order valence-electron chi connectivity index (χ4n) is 2.50. The molecular weight excluding hydrogens is 509 g/mol. The summed E-state index contributed by atoms with van der Waals surface area (Å²) in [5.74, 6) is -0.611. The van der Waals surface area contributed by atoms with Crippen molar-refractivity contribution >= 4 is 66.4 Å². The van der Waals surface area contributed by atoms with Crippen LogP contribution in [-0.2, 0) is 6.54 Å². The third-order valence-corrected chi connectivity index (χ3v) is 7.47. The molecule has 0 atom stereocenters. The summed E-state index contributed by atoms with van der Waals surface area (Å²) in [5.41, 5.74) is 2.36. The lowest BCUT2D eigenvalue weighted by Gasteiger charge is -2.09. The predicted molar refractivity (Wildman–Crippen MR) is 110 cm³/mol. The largest absolute Gasteiger partial charge is 0.318 e. The van der Waals surface area contributed by atoms with Gasteiger partial charge in [0, 0.05) is 15.1 Å². The first kappa shape index (κ1) is 19.5. The van der Waals surface area contributed by atoms with Gasteiger partial charge in [-0.05, 0) is 63.9 Å². The van der Waals surface area contributed by atoms with E-state index in [2.05, 4.69) is 42.3 Å². The lowest BCUT2D eigenvalue weighted by atomic mass is 10.2. The highest BCUT2D eigenvalue weighted by atomic mass is 79.9. The second-order valence-corrected chi connectivity index (χ2v) is 9.22. The second-order valence-electron chi connectivity index (χ2n) is 5.59. The molecule has 0 aliphatic carbocycles. The Kier molecular flexibility index (Phi) is 5.86. The van der Waals surface area contributed by atoms with E-state index in [1.165, 1.54) is 17.4 Å². The summed E-state index contributed by atoms with van der Waals surface area (Å²) in [5, 5.41) is 7.65. The zero-order chi connectivity index (χ0) is 19.0. The summed E-state index contributed by atoms with van der Waals surface area (Å²) >= 11 is 14.2. The van der Waals surface area contributed by atoms with Crippen LogP contribution in [0, 0.1) is 19.7 Å². The van der Waals surface area contributed by atoms with E-state index >= 15 is 0 Å². The molecule has 9 heteroatoms. The van der Waals surface area contributed by atoms with Crippen LogP contribution < -0.4 is 5.32 Å². The number of hydrogen-bond acceptors (Lipinski definition) is 3. The van der Waals surface area contributed by atoms with E-state index in [0.717, 1.165) is 14.0 Å². The van der Waals surface area contributed by atoms with Gasteiger partial charge in [0.1, 0.15) is 5.82 Å². The van der Waals surface area contributed by atoms with Crippen molar-refractivity contribution in [2.75, 3.05) is 5.32 Å². The highest BCUT2D eigenvalue weighted by Gasteiger charge is 2.19. The molecule has 0 aliphatic heterocycles. The normalized spacial score (nSPS) is 11.0. The van der Waals surface area contributed by atoms with Crippen molar-refractivity contribution in [2.45, 2.75) is 20.4 Å². The first-order chi connectivity index (χ1) is 12.3. The van der Waals surface area contributed by atoms with E-state index in [9.17, 15) is 9.18 Å². The van der Waals surface area contributed by atoms with E-state index in [4.69, 9.17) is 11.6 Å². The summed E-state index contributed by atoms with van der Waals surface area (Å²) in [6.07, 6.45) is 0. The molecule has 4 nitrogen and oxygen atoms in total. The number of hydrogen-bond donors (Lipinski definition) is 1. The van der Waals surface area contributed by atoms with Crippen LogP contribution in [0.2, 0.25) is 5.02 Å². The molecule has 3 rings (SSSR count). The Morgan fingerprint density at radius 1 is 1.38 bits per heavy atom. The van der Waals surface area contributed by atoms with Crippen LogP contribution in [0.3, 0.4) is 0 Å². The standard InChI is InChI=1S/C17H13Br2ClFN3OS/c1-8-15(22-17(25)14-6-11(18)16(19)26-14)9(2)24(23-8)7-10-12(20)4-3-5-13(10)21/h3-6H,7H2,1-2H3,(H,22,25). The SMILES string of the molecule is Cc1nn(Cc2c(F)cccc2Cl)c(C)c1NC(=O)c1cc(Br)c(Br)s1. The van der Waals surface area contributed by atoms with E-state index in [-0.39, 0.29) is 18.3 Å². The van der Waals surface area contributed by atoms with Gasteiger partial charge < -0.3 is 5.32 Å². The molecule has 1 N–H and O–H groups in total. The zero-order valence-electron chi connectivity index (χ0n) is 13.7. The minimum atomic E-state index is -0.385. The van der Waals surface area contributed by atoms with Crippen LogP contribution in [-0.4, -0.2) is 15.7 Å². The first-order valence-corrected chi connectivity index (χ1v) is 10.3. The number of aromatic nitrogens is 2. The predicted octanol–water partition coefficient (Wildman–Crippen LogP) is 6.18. The highest BCUT2D eigenvalue weighted by molar-refractivity contribution is 9.13. The van der Waals surface area contributed by atoms with Gasteiger partial charge in [-0.2, -0.15) is 5.10 Å². The molecule has 0 radical (unpaired) electrons. The molecule has 0 fully saturated rings. The molecule has 2 heterocycles. The summed E-state index contributed by atoms with van der Waals surface area (Å²) < 4.78 is 17.4. The molecule has 0 spiro atoms. The van der Waals surface area contributed by atoms with E-state index in [1.54, 1.807) is 29.8 Å². The highest BCUT2D eigenvalue weighted by Crippen LogP contribution is 2.33. The number of thiophene rings is 1. The van der Waals surface area contributed by atoms with Crippen LogP contribution >= 0.6 is 54.8 Å². The molecule has 136 valence electrons. The number of rotatable bonds is 4. The van der Waals surface area contributed by atoms with Gasteiger partial charge in [-0.15, -0.1) is 11.3 Å². The number of nitrogens with zero attached hydrogens (tertiary/aromatic N) is 2. The quantitative estimate of drug-likeness (QED) is 0.446. The number of amides is 1. The third-order valence-electron chi connectivity index (χ3n) is 3.86. The molecule has 0 saturated carbocycles. The minimum absolute atomic E-state index is 0.185. The van der Waals surface area contributed by atoms with Crippen LogP contribution in [0.15, 0.2) is 32.5 Å². The average molecular weight is 522 g/mol. The van der Waals surface area contributed by atoms with Gasteiger partial charge in [0.05, 0.1) is 32.3 Å². The fourth-order valence-corrected chi connectivity index (χ4v) is 4.65. The van der Waals surface area contributed by atoms with E-state index < -0.39 is 0 Å². The van der Waals surface area contributed by atoms with Gasteiger partial charge in [-0.1, -0.05) is 17.7 Å². The average Bonchev–Trinajstić information content (AvgIpc) is 3.05. The summed E-state index contributed by atoms with van der Waals surface area (Å²) in [6.45, 7) is 3.80.